The van der Waals surface area contributed by atoms with E-state index in [1.165, 1.54) is 27.3 Å². The molecule has 0 aliphatic rings. The van der Waals surface area contributed by atoms with Gasteiger partial charge >= 0.3 is 5.76 Å². The average Bonchev–Trinajstić information content (AvgIpc) is 3.52. The Balaban J connectivity index is 1.54. The molecule has 0 unspecified atom stereocenters. The van der Waals surface area contributed by atoms with E-state index >= 15 is 0 Å². The molecule has 0 bridgehead atoms. The van der Waals surface area contributed by atoms with E-state index < -0.39 is 15.8 Å². The Labute approximate surface area is 230 Å². The molecule has 190 valence electrons. The number of hydrogen-bond donors (Lipinski definition) is 0. The van der Waals surface area contributed by atoms with Crippen LogP contribution in [-0.2, 0) is 23.1 Å². The second kappa shape index (κ2) is 10.3. The van der Waals surface area contributed by atoms with E-state index in [1.807, 2.05) is 43.3 Å². The number of halogens is 1. The summed E-state index contributed by atoms with van der Waals surface area (Å²) >= 11 is 3.20. The van der Waals surface area contributed by atoms with Crippen molar-refractivity contribution in [3.8, 4) is 5.75 Å². The topological polar surface area (TPSA) is 108 Å². The number of rotatable bonds is 8. The van der Waals surface area contributed by atoms with Crippen LogP contribution in [0.15, 0.2) is 81.1 Å². The minimum Gasteiger partial charge on any atom is -0.497 e. The number of oxazole rings is 1. The zero-order valence-electron chi connectivity index (χ0n) is 19.8. The number of benzene rings is 3. The fourth-order valence-corrected chi connectivity index (χ4v) is 6.64. The van der Waals surface area contributed by atoms with Gasteiger partial charge in [-0.1, -0.05) is 24.3 Å². The highest BCUT2D eigenvalue weighted by molar-refractivity contribution is 14.1. The van der Waals surface area contributed by atoms with Crippen LogP contribution in [0.2, 0.25) is 0 Å². The van der Waals surface area contributed by atoms with E-state index in [1.54, 1.807) is 19.2 Å². The van der Waals surface area contributed by atoms with Crippen molar-refractivity contribution >= 4 is 60.4 Å². The molecule has 5 rings (SSSR count). The first kappa shape index (κ1) is 25.4. The first-order valence-electron chi connectivity index (χ1n) is 11.1. The molecule has 5 aromatic rings. The van der Waals surface area contributed by atoms with Gasteiger partial charge in [-0.15, -0.1) is 0 Å². The number of aryl methyl sites for hydroxylation is 1. The second-order valence-corrected chi connectivity index (χ2v) is 12.0. The van der Waals surface area contributed by atoms with Crippen molar-refractivity contribution in [3.05, 3.63) is 97.8 Å². The molecule has 3 aromatic carbocycles. The minimum absolute atomic E-state index is 0.0171. The maximum absolute atomic E-state index is 13.9. The monoisotopic (exact) mass is 648 g/mol. The Kier molecular flexibility index (Phi) is 7.05. The van der Waals surface area contributed by atoms with Crippen LogP contribution in [0.25, 0.3) is 11.1 Å². The van der Waals surface area contributed by atoms with Gasteiger partial charge in [-0.3, -0.25) is 4.57 Å². The van der Waals surface area contributed by atoms with Crippen molar-refractivity contribution in [1.29, 1.82) is 0 Å². The largest absolute Gasteiger partial charge is 0.497 e. The number of aromatic nitrogens is 3. The van der Waals surface area contributed by atoms with Crippen LogP contribution in [-0.4, -0.2) is 29.5 Å². The lowest BCUT2D eigenvalue weighted by atomic mass is 10.1. The SMILES string of the molecule is COc1ccc(CN(c2ncns2)S(=O)(=O)c2ccc3c(c2)oc(=O)n3Cc2ccccc2I)c(C)c1. The van der Waals surface area contributed by atoms with Gasteiger partial charge in [0.05, 0.1) is 30.6 Å². The van der Waals surface area contributed by atoms with Crippen molar-refractivity contribution < 1.29 is 17.6 Å². The normalized spacial score (nSPS) is 11.6. The van der Waals surface area contributed by atoms with Crippen LogP contribution >= 0.6 is 34.1 Å². The Morgan fingerprint density at radius 2 is 1.92 bits per heavy atom. The molecular weight excluding hydrogens is 627 g/mol. The quantitative estimate of drug-likeness (QED) is 0.222. The summed E-state index contributed by atoms with van der Waals surface area (Å²) in [5, 5.41) is 0.230. The van der Waals surface area contributed by atoms with E-state index in [2.05, 4.69) is 31.9 Å². The third-order valence-electron chi connectivity index (χ3n) is 5.94. The smallest absolute Gasteiger partial charge is 0.420 e. The molecule has 0 saturated heterocycles. The zero-order valence-corrected chi connectivity index (χ0v) is 23.6. The molecule has 0 radical (unpaired) electrons. The molecule has 0 amide bonds. The first-order chi connectivity index (χ1) is 17.8. The highest BCUT2D eigenvalue weighted by Gasteiger charge is 2.29. The van der Waals surface area contributed by atoms with Gasteiger partial charge < -0.3 is 9.15 Å². The van der Waals surface area contributed by atoms with Gasteiger partial charge in [-0.25, -0.2) is 22.5 Å². The molecule has 12 heteroatoms. The van der Waals surface area contributed by atoms with Crippen LogP contribution in [0.1, 0.15) is 16.7 Å². The Hall–Kier alpha value is -3.23. The molecule has 37 heavy (non-hydrogen) atoms. The van der Waals surface area contributed by atoms with Crippen molar-refractivity contribution in [2.45, 2.75) is 24.9 Å². The summed E-state index contributed by atoms with van der Waals surface area (Å²) in [5.74, 6) is 0.126. The van der Waals surface area contributed by atoms with Gasteiger partial charge in [0.2, 0.25) is 5.13 Å². The van der Waals surface area contributed by atoms with E-state index in [-0.39, 0.29) is 22.2 Å². The number of hydrogen-bond acceptors (Lipinski definition) is 8. The van der Waals surface area contributed by atoms with Crippen molar-refractivity contribution in [2.24, 2.45) is 0 Å². The lowest BCUT2D eigenvalue weighted by molar-refractivity contribution is 0.414. The fourth-order valence-electron chi connectivity index (χ4n) is 3.94. The molecule has 0 fully saturated rings. The molecule has 0 N–H and O–H groups in total. The van der Waals surface area contributed by atoms with Crippen molar-refractivity contribution in [1.82, 2.24) is 13.9 Å². The summed E-state index contributed by atoms with van der Waals surface area (Å²) in [5.41, 5.74) is 3.32. The highest BCUT2D eigenvalue weighted by Crippen LogP contribution is 2.30. The first-order valence-corrected chi connectivity index (χ1v) is 14.4. The number of nitrogens with zero attached hydrogens (tertiary/aromatic N) is 4. The number of sulfonamides is 1. The van der Waals surface area contributed by atoms with E-state index in [9.17, 15) is 13.2 Å². The molecule has 0 spiro atoms. The van der Waals surface area contributed by atoms with E-state index in [0.717, 1.165) is 31.8 Å². The molecule has 0 atom stereocenters. The summed E-state index contributed by atoms with van der Waals surface area (Å²) in [7, 11) is -2.50. The van der Waals surface area contributed by atoms with Gasteiger partial charge in [0, 0.05) is 21.2 Å². The maximum Gasteiger partial charge on any atom is 0.420 e. The summed E-state index contributed by atoms with van der Waals surface area (Å²) in [6.45, 7) is 2.24. The van der Waals surface area contributed by atoms with Crippen LogP contribution in [0.4, 0.5) is 5.13 Å². The van der Waals surface area contributed by atoms with Crippen LogP contribution in [0.5, 0.6) is 5.75 Å². The molecule has 9 nitrogen and oxygen atoms in total. The van der Waals surface area contributed by atoms with Crippen LogP contribution in [0.3, 0.4) is 0 Å². The second-order valence-electron chi connectivity index (χ2n) is 8.20. The Morgan fingerprint density at radius 3 is 2.62 bits per heavy atom. The zero-order chi connectivity index (χ0) is 26.2. The third kappa shape index (κ3) is 5.00. The Morgan fingerprint density at radius 1 is 1.11 bits per heavy atom. The lowest BCUT2D eigenvalue weighted by Gasteiger charge is -2.22. The van der Waals surface area contributed by atoms with E-state index in [4.69, 9.17) is 9.15 Å². The molecule has 2 heterocycles. The van der Waals surface area contributed by atoms with E-state index in [0.29, 0.717) is 17.8 Å². The molecule has 0 saturated carbocycles. The highest BCUT2D eigenvalue weighted by atomic mass is 127. The van der Waals surface area contributed by atoms with Crippen LogP contribution in [0, 0.1) is 10.5 Å². The number of anilines is 1. The predicted molar refractivity (Wildman–Crippen MR) is 150 cm³/mol. The summed E-state index contributed by atoms with van der Waals surface area (Å²) in [6, 6.07) is 17.6. The minimum atomic E-state index is -4.08. The number of ether oxygens (including phenoxy) is 1. The van der Waals surface area contributed by atoms with Crippen molar-refractivity contribution in [2.75, 3.05) is 11.4 Å². The Bertz CT molecular complexity index is 1750. The maximum atomic E-state index is 13.9. The fraction of sp³-hybridized carbons (Fsp3) is 0.160. The molecule has 0 aliphatic heterocycles. The predicted octanol–water partition coefficient (Wildman–Crippen LogP) is 4.81. The van der Waals surface area contributed by atoms with Gasteiger partial charge in [-0.2, -0.15) is 4.37 Å². The van der Waals surface area contributed by atoms with Gasteiger partial charge in [-0.05, 0) is 76.5 Å². The number of fused-ring (bicyclic) bond motifs is 1. The van der Waals surface area contributed by atoms with Crippen molar-refractivity contribution in [3.63, 3.8) is 0 Å². The molecular formula is C25H21IN4O5S2. The molecule has 2 aromatic heterocycles. The van der Waals surface area contributed by atoms with Gasteiger partial charge in [0.1, 0.15) is 12.1 Å². The van der Waals surface area contributed by atoms with Gasteiger partial charge in [0.15, 0.2) is 5.58 Å². The lowest BCUT2D eigenvalue weighted by Crippen LogP contribution is -2.30. The summed E-state index contributed by atoms with van der Waals surface area (Å²) < 4.78 is 46.2. The summed E-state index contributed by atoms with van der Waals surface area (Å²) in [4.78, 5) is 16.8. The standard InChI is InChI=1S/C25H21IN4O5S2/c1-16-11-19(34-2)8-7-17(16)14-30(24-27-15-28-36-24)37(32,33)20-9-10-22-23(12-20)35-25(31)29(22)13-18-5-3-4-6-21(18)26/h3-12,15H,13-14H2,1-2H3. The molecule has 0 aliphatic carbocycles. The average molecular weight is 649 g/mol. The summed E-state index contributed by atoms with van der Waals surface area (Å²) in [6.07, 6.45) is 1.32. The third-order valence-corrected chi connectivity index (χ3v) is 9.53. The number of methoxy groups -OCH3 is 1. The van der Waals surface area contributed by atoms with Gasteiger partial charge in [0.25, 0.3) is 10.0 Å². The van der Waals surface area contributed by atoms with Crippen LogP contribution < -0.4 is 14.8 Å².